The second-order valence-electron chi connectivity index (χ2n) is 10.3. The van der Waals surface area contributed by atoms with E-state index >= 15 is 0 Å². The molecule has 0 aliphatic carbocycles. The Labute approximate surface area is 242 Å². The number of imidazole rings is 1. The van der Waals surface area contributed by atoms with Crippen molar-refractivity contribution in [2.45, 2.75) is 57.3 Å². The van der Waals surface area contributed by atoms with E-state index in [0.717, 1.165) is 0 Å². The van der Waals surface area contributed by atoms with Crippen molar-refractivity contribution in [3.05, 3.63) is 77.9 Å². The zero-order chi connectivity index (χ0) is 30.8. The van der Waals surface area contributed by atoms with Crippen LogP contribution in [0.25, 0.3) is 0 Å². The van der Waals surface area contributed by atoms with Crippen molar-refractivity contribution in [2.75, 3.05) is 0 Å². The molecule has 3 amide bonds. The molecule has 1 heterocycles. The molecular formula is C29H36N6O7. The molecule has 4 atom stereocenters. The van der Waals surface area contributed by atoms with E-state index in [9.17, 15) is 34.5 Å². The summed E-state index contributed by atoms with van der Waals surface area (Å²) in [5.41, 5.74) is 7.91. The molecule has 0 aliphatic rings. The Bertz CT molecular complexity index is 1340. The van der Waals surface area contributed by atoms with Gasteiger partial charge in [-0.25, -0.2) is 9.78 Å². The average molecular weight is 581 g/mol. The molecule has 4 unspecified atom stereocenters. The van der Waals surface area contributed by atoms with Gasteiger partial charge in [0.1, 0.15) is 29.6 Å². The Kier molecular flexibility index (Phi) is 11.0. The Balaban J connectivity index is 1.85. The Hall–Kier alpha value is -4.91. The number of carboxylic acid groups (broad SMARTS) is 1. The number of aliphatic carboxylic acids is 1. The number of aromatic nitrogens is 2. The van der Waals surface area contributed by atoms with Crippen molar-refractivity contribution < 1.29 is 34.5 Å². The number of nitrogens with two attached hydrogens (primary N) is 1. The molecule has 13 heteroatoms. The summed E-state index contributed by atoms with van der Waals surface area (Å²) in [7, 11) is 0. The highest BCUT2D eigenvalue weighted by molar-refractivity contribution is 5.94. The lowest BCUT2D eigenvalue weighted by Gasteiger charge is -2.26. The lowest BCUT2D eigenvalue weighted by atomic mass is 10.00. The van der Waals surface area contributed by atoms with Crippen molar-refractivity contribution in [1.29, 1.82) is 0 Å². The molecule has 0 saturated carbocycles. The number of benzene rings is 2. The molecule has 42 heavy (non-hydrogen) atoms. The van der Waals surface area contributed by atoms with Gasteiger partial charge in [0.2, 0.25) is 17.7 Å². The fourth-order valence-electron chi connectivity index (χ4n) is 4.20. The van der Waals surface area contributed by atoms with E-state index < -0.39 is 53.8 Å². The Morgan fingerprint density at radius 3 is 1.69 bits per heavy atom. The van der Waals surface area contributed by atoms with Crippen LogP contribution in [-0.4, -0.2) is 73.1 Å². The van der Waals surface area contributed by atoms with Gasteiger partial charge in [-0.15, -0.1) is 0 Å². The van der Waals surface area contributed by atoms with E-state index in [1.54, 1.807) is 38.1 Å². The number of aromatic hydroxyl groups is 2. The van der Waals surface area contributed by atoms with Crippen molar-refractivity contribution in [1.82, 2.24) is 25.9 Å². The standard InChI is InChI=1S/C29H36N6O7/c1-16(2)25(29(41)42)35-28(40)24(12-18-5-9-21(37)10-6-18)34-27(39)23(11-17-3-7-20(36)8-4-17)33-26(38)22(30)13-19-14-31-15-32-19/h3-10,14-16,22-25,36-37H,11-13,30H2,1-2H3,(H,31,32)(H,33,38)(H,34,39)(H,35,40)(H,41,42). The van der Waals surface area contributed by atoms with Gasteiger partial charge in [0.15, 0.2) is 0 Å². The molecule has 0 saturated heterocycles. The summed E-state index contributed by atoms with van der Waals surface area (Å²) in [5.74, 6) is -3.68. The molecule has 0 bridgehead atoms. The average Bonchev–Trinajstić information content (AvgIpc) is 3.45. The van der Waals surface area contributed by atoms with Crippen LogP contribution >= 0.6 is 0 Å². The molecule has 9 N–H and O–H groups in total. The molecule has 3 rings (SSSR count). The second kappa shape index (κ2) is 14.6. The third-order valence-electron chi connectivity index (χ3n) is 6.58. The van der Waals surface area contributed by atoms with Gasteiger partial charge < -0.3 is 42.0 Å². The Morgan fingerprint density at radius 2 is 1.26 bits per heavy atom. The van der Waals surface area contributed by atoms with Crippen LogP contribution in [0.5, 0.6) is 11.5 Å². The number of carbonyl (C=O) groups is 4. The van der Waals surface area contributed by atoms with Crippen LogP contribution in [0.4, 0.5) is 0 Å². The first-order chi connectivity index (χ1) is 19.9. The van der Waals surface area contributed by atoms with E-state index in [4.69, 9.17) is 5.73 Å². The maximum absolute atomic E-state index is 13.6. The van der Waals surface area contributed by atoms with Gasteiger partial charge in [0, 0.05) is 31.2 Å². The highest BCUT2D eigenvalue weighted by Crippen LogP contribution is 2.14. The summed E-state index contributed by atoms with van der Waals surface area (Å²) in [4.78, 5) is 58.5. The quantitative estimate of drug-likeness (QED) is 0.132. The summed E-state index contributed by atoms with van der Waals surface area (Å²) >= 11 is 0. The number of phenolic OH excluding ortho intramolecular Hbond substituents is 2. The van der Waals surface area contributed by atoms with Gasteiger partial charge in [-0.2, -0.15) is 0 Å². The summed E-state index contributed by atoms with van der Waals surface area (Å²) < 4.78 is 0. The fraction of sp³-hybridized carbons (Fsp3) is 0.345. The molecule has 3 aromatic rings. The zero-order valence-corrected chi connectivity index (χ0v) is 23.3. The smallest absolute Gasteiger partial charge is 0.326 e. The van der Waals surface area contributed by atoms with Crippen LogP contribution in [0, 0.1) is 5.92 Å². The van der Waals surface area contributed by atoms with Crippen LogP contribution in [0.3, 0.4) is 0 Å². The van der Waals surface area contributed by atoms with E-state index in [1.807, 2.05) is 0 Å². The van der Waals surface area contributed by atoms with E-state index in [2.05, 4.69) is 25.9 Å². The third-order valence-corrected chi connectivity index (χ3v) is 6.58. The fourth-order valence-corrected chi connectivity index (χ4v) is 4.20. The molecular weight excluding hydrogens is 544 g/mol. The number of hydrogen-bond acceptors (Lipinski definition) is 8. The molecule has 1 aromatic heterocycles. The van der Waals surface area contributed by atoms with Crippen molar-refractivity contribution >= 4 is 23.7 Å². The predicted molar refractivity (Wildman–Crippen MR) is 152 cm³/mol. The minimum Gasteiger partial charge on any atom is -0.508 e. The number of rotatable bonds is 14. The maximum atomic E-state index is 13.6. The minimum absolute atomic E-state index is 0.00588. The first-order valence-corrected chi connectivity index (χ1v) is 13.4. The summed E-state index contributed by atoms with van der Waals surface area (Å²) in [6, 6.07) is 7.44. The minimum atomic E-state index is -1.23. The van der Waals surface area contributed by atoms with Gasteiger partial charge in [-0.05, 0) is 41.3 Å². The zero-order valence-electron chi connectivity index (χ0n) is 23.3. The number of phenols is 2. The van der Waals surface area contributed by atoms with Crippen LogP contribution < -0.4 is 21.7 Å². The van der Waals surface area contributed by atoms with Crippen molar-refractivity contribution in [3.8, 4) is 11.5 Å². The van der Waals surface area contributed by atoms with Gasteiger partial charge in [-0.3, -0.25) is 14.4 Å². The largest absolute Gasteiger partial charge is 0.508 e. The van der Waals surface area contributed by atoms with Crippen LogP contribution in [0.15, 0.2) is 61.1 Å². The molecule has 224 valence electrons. The molecule has 0 fully saturated rings. The lowest BCUT2D eigenvalue weighted by Crippen LogP contribution is -2.58. The molecule has 13 nitrogen and oxygen atoms in total. The van der Waals surface area contributed by atoms with Crippen LogP contribution in [0.1, 0.15) is 30.7 Å². The number of carbonyl (C=O) groups excluding carboxylic acids is 3. The predicted octanol–water partition coefficient (Wildman–Crippen LogP) is 0.371. The molecule has 0 spiro atoms. The summed E-state index contributed by atoms with van der Waals surface area (Å²) in [6.07, 6.45) is 3.10. The number of nitrogens with zero attached hydrogens (tertiary/aromatic N) is 1. The second-order valence-corrected chi connectivity index (χ2v) is 10.3. The number of carboxylic acids is 1. The topological polar surface area (TPSA) is 220 Å². The van der Waals surface area contributed by atoms with E-state index in [0.29, 0.717) is 16.8 Å². The van der Waals surface area contributed by atoms with Gasteiger partial charge in [0.05, 0.1) is 12.4 Å². The number of hydrogen-bond donors (Lipinski definition) is 8. The third kappa shape index (κ3) is 9.34. The molecule has 2 aromatic carbocycles. The highest BCUT2D eigenvalue weighted by atomic mass is 16.4. The monoisotopic (exact) mass is 580 g/mol. The maximum Gasteiger partial charge on any atom is 0.326 e. The van der Waals surface area contributed by atoms with Crippen LogP contribution in [0.2, 0.25) is 0 Å². The lowest BCUT2D eigenvalue weighted by molar-refractivity contribution is -0.143. The Morgan fingerprint density at radius 1 is 0.786 bits per heavy atom. The number of nitrogens with one attached hydrogen (secondary N) is 4. The summed E-state index contributed by atoms with van der Waals surface area (Å²) in [6.45, 7) is 3.28. The normalized spacial score (nSPS) is 13.9. The SMILES string of the molecule is CC(C)C(NC(=O)C(Cc1ccc(O)cc1)NC(=O)C(Cc1ccc(O)cc1)NC(=O)C(N)Cc1cnc[nH]1)C(=O)O. The number of aromatic amines is 1. The van der Waals surface area contributed by atoms with E-state index in [1.165, 1.54) is 36.8 Å². The highest BCUT2D eigenvalue weighted by Gasteiger charge is 2.31. The van der Waals surface area contributed by atoms with Gasteiger partial charge in [-0.1, -0.05) is 38.1 Å². The first-order valence-electron chi connectivity index (χ1n) is 13.4. The van der Waals surface area contributed by atoms with Crippen molar-refractivity contribution in [2.24, 2.45) is 11.7 Å². The summed E-state index contributed by atoms with van der Waals surface area (Å²) in [5, 5.41) is 36.7. The number of amides is 3. The van der Waals surface area contributed by atoms with Crippen LogP contribution in [-0.2, 0) is 38.4 Å². The number of H-pyrrole nitrogens is 1. The van der Waals surface area contributed by atoms with Crippen molar-refractivity contribution in [3.63, 3.8) is 0 Å². The van der Waals surface area contributed by atoms with E-state index in [-0.39, 0.29) is 30.8 Å². The molecule has 0 aliphatic heterocycles. The first kappa shape index (κ1) is 31.6. The van der Waals surface area contributed by atoms with Gasteiger partial charge >= 0.3 is 5.97 Å². The molecule has 0 radical (unpaired) electrons. The van der Waals surface area contributed by atoms with Gasteiger partial charge in [0.25, 0.3) is 0 Å².